The van der Waals surface area contributed by atoms with Crippen molar-refractivity contribution in [1.82, 2.24) is 9.88 Å². The van der Waals surface area contributed by atoms with Crippen molar-refractivity contribution in [3.05, 3.63) is 36.0 Å². The van der Waals surface area contributed by atoms with Crippen LogP contribution in [-0.2, 0) is 4.74 Å². The Bertz CT molecular complexity index is 491. The minimum atomic E-state index is -0.317. The maximum Gasteiger partial charge on any atom is 0.339 e. The molecule has 0 spiro atoms. The van der Waals surface area contributed by atoms with E-state index in [0.717, 1.165) is 38.5 Å². The van der Waals surface area contributed by atoms with Crippen molar-refractivity contribution in [2.75, 3.05) is 44.2 Å². The zero-order chi connectivity index (χ0) is 15.2. The Balaban J connectivity index is 1.92. The van der Waals surface area contributed by atoms with Gasteiger partial charge < -0.3 is 9.64 Å². The van der Waals surface area contributed by atoms with Crippen LogP contribution in [0.4, 0.5) is 5.82 Å². The van der Waals surface area contributed by atoms with E-state index in [9.17, 15) is 4.79 Å². The predicted octanol–water partition coefficient (Wildman–Crippen LogP) is 1.96. The number of anilines is 1. The molecule has 21 heavy (non-hydrogen) atoms. The molecule has 2 heterocycles. The Kier molecular flexibility index (Phi) is 5.33. The van der Waals surface area contributed by atoms with Gasteiger partial charge in [0.05, 0.1) is 12.2 Å². The minimum absolute atomic E-state index is 0.317. The number of hydrogen-bond acceptors (Lipinski definition) is 5. The lowest BCUT2D eigenvalue weighted by atomic mass is 10.2. The van der Waals surface area contributed by atoms with Gasteiger partial charge in [0.2, 0.25) is 0 Å². The molecule has 0 radical (unpaired) electrons. The fourth-order valence-electron chi connectivity index (χ4n) is 2.43. The largest absolute Gasteiger partial charge is 0.462 e. The normalized spacial score (nSPS) is 15.8. The summed E-state index contributed by atoms with van der Waals surface area (Å²) in [5.41, 5.74) is 1.70. The molecule has 0 aliphatic carbocycles. The van der Waals surface area contributed by atoms with Gasteiger partial charge in [0.15, 0.2) is 0 Å². The summed E-state index contributed by atoms with van der Waals surface area (Å²) >= 11 is 0. The molecule has 0 aromatic carbocycles. The third-order valence-corrected chi connectivity index (χ3v) is 3.45. The van der Waals surface area contributed by atoms with Gasteiger partial charge in [-0.2, -0.15) is 0 Å². The number of carbonyl (C=O) groups excluding carboxylic acids is 1. The van der Waals surface area contributed by atoms with Gasteiger partial charge in [0.1, 0.15) is 5.82 Å². The predicted molar refractivity (Wildman–Crippen MR) is 83.7 cm³/mol. The van der Waals surface area contributed by atoms with Crippen LogP contribution in [0.3, 0.4) is 0 Å². The molecule has 0 saturated carbocycles. The second kappa shape index (κ2) is 7.22. The molecule has 0 N–H and O–H groups in total. The average Bonchev–Trinajstić information content (AvgIpc) is 2.48. The summed E-state index contributed by atoms with van der Waals surface area (Å²) in [6.07, 6.45) is 1.59. The zero-order valence-corrected chi connectivity index (χ0v) is 12.8. The third-order valence-electron chi connectivity index (χ3n) is 3.45. The van der Waals surface area contributed by atoms with Gasteiger partial charge in [0, 0.05) is 38.9 Å². The summed E-state index contributed by atoms with van der Waals surface area (Å²) in [4.78, 5) is 20.6. The number of carbonyl (C=O) groups is 1. The van der Waals surface area contributed by atoms with Crippen LogP contribution < -0.4 is 4.90 Å². The van der Waals surface area contributed by atoms with E-state index in [1.807, 2.05) is 6.07 Å². The van der Waals surface area contributed by atoms with Gasteiger partial charge in [-0.15, -0.1) is 0 Å². The SMILES string of the molecule is C=C(C)CN1CCN(c2ccc(C(=O)OCC)cn2)CC1. The zero-order valence-electron chi connectivity index (χ0n) is 12.8. The summed E-state index contributed by atoms with van der Waals surface area (Å²) in [6.45, 7) is 13.1. The summed E-state index contributed by atoms with van der Waals surface area (Å²) in [5, 5.41) is 0. The third kappa shape index (κ3) is 4.29. The molecular weight excluding hydrogens is 266 g/mol. The first-order chi connectivity index (χ1) is 10.1. The van der Waals surface area contributed by atoms with Crippen LogP contribution in [0.5, 0.6) is 0 Å². The number of esters is 1. The van der Waals surface area contributed by atoms with Crippen LogP contribution >= 0.6 is 0 Å². The molecule has 5 nitrogen and oxygen atoms in total. The molecule has 1 fully saturated rings. The molecule has 5 heteroatoms. The van der Waals surface area contributed by atoms with Gasteiger partial charge in [-0.3, -0.25) is 4.90 Å². The number of aromatic nitrogens is 1. The Morgan fingerprint density at radius 3 is 2.57 bits per heavy atom. The lowest BCUT2D eigenvalue weighted by molar-refractivity contribution is 0.0526. The van der Waals surface area contributed by atoms with Crippen LogP contribution in [-0.4, -0.2) is 55.2 Å². The second-order valence-electron chi connectivity index (χ2n) is 5.35. The lowest BCUT2D eigenvalue weighted by Crippen LogP contribution is -2.47. The van der Waals surface area contributed by atoms with E-state index in [4.69, 9.17) is 4.74 Å². The fraction of sp³-hybridized carbons (Fsp3) is 0.500. The van der Waals surface area contributed by atoms with Gasteiger partial charge in [-0.1, -0.05) is 12.2 Å². The summed E-state index contributed by atoms with van der Waals surface area (Å²) < 4.78 is 4.96. The molecule has 0 unspecified atom stereocenters. The van der Waals surface area contributed by atoms with Crippen molar-refractivity contribution < 1.29 is 9.53 Å². The van der Waals surface area contributed by atoms with E-state index in [0.29, 0.717) is 12.2 Å². The van der Waals surface area contributed by atoms with Crippen molar-refractivity contribution in [2.45, 2.75) is 13.8 Å². The first-order valence-electron chi connectivity index (χ1n) is 7.35. The highest BCUT2D eigenvalue weighted by atomic mass is 16.5. The minimum Gasteiger partial charge on any atom is -0.462 e. The Morgan fingerprint density at radius 1 is 1.33 bits per heavy atom. The lowest BCUT2D eigenvalue weighted by Gasteiger charge is -2.35. The molecule has 2 rings (SSSR count). The highest BCUT2D eigenvalue weighted by Gasteiger charge is 2.18. The topological polar surface area (TPSA) is 45.7 Å². The number of ether oxygens (including phenoxy) is 1. The fourth-order valence-corrected chi connectivity index (χ4v) is 2.43. The van der Waals surface area contributed by atoms with Crippen molar-refractivity contribution in [3.63, 3.8) is 0 Å². The quantitative estimate of drug-likeness (QED) is 0.612. The number of rotatable bonds is 5. The number of hydrogen-bond donors (Lipinski definition) is 0. The number of nitrogens with zero attached hydrogens (tertiary/aromatic N) is 3. The van der Waals surface area contributed by atoms with Crippen LogP contribution in [0.1, 0.15) is 24.2 Å². The Labute approximate surface area is 126 Å². The molecular formula is C16H23N3O2. The molecule has 0 amide bonds. The Hall–Kier alpha value is -1.88. The van der Waals surface area contributed by atoms with Gasteiger partial charge in [-0.25, -0.2) is 9.78 Å². The first kappa shape index (κ1) is 15.5. The van der Waals surface area contributed by atoms with E-state index < -0.39 is 0 Å². The molecule has 1 saturated heterocycles. The Morgan fingerprint density at radius 2 is 2.05 bits per heavy atom. The standard InChI is InChI=1S/C16H23N3O2/c1-4-21-16(20)14-5-6-15(17-11-14)19-9-7-18(8-10-19)12-13(2)3/h5-6,11H,2,4,7-10,12H2,1,3H3. The van der Waals surface area contributed by atoms with Gasteiger partial charge in [-0.05, 0) is 26.0 Å². The summed E-state index contributed by atoms with van der Waals surface area (Å²) in [7, 11) is 0. The number of piperazine rings is 1. The maximum atomic E-state index is 11.6. The molecule has 1 aliphatic heterocycles. The smallest absolute Gasteiger partial charge is 0.339 e. The summed E-state index contributed by atoms with van der Waals surface area (Å²) in [6, 6.07) is 3.67. The monoisotopic (exact) mass is 289 g/mol. The summed E-state index contributed by atoms with van der Waals surface area (Å²) in [5.74, 6) is 0.598. The molecule has 0 atom stereocenters. The van der Waals surface area contributed by atoms with Crippen LogP contribution in [0.25, 0.3) is 0 Å². The molecule has 0 bridgehead atoms. The average molecular weight is 289 g/mol. The highest BCUT2D eigenvalue weighted by Crippen LogP contribution is 2.15. The van der Waals surface area contributed by atoms with E-state index in [2.05, 4.69) is 28.3 Å². The molecule has 1 aromatic rings. The van der Waals surface area contributed by atoms with Crippen LogP contribution in [0.2, 0.25) is 0 Å². The van der Waals surface area contributed by atoms with Gasteiger partial charge in [0.25, 0.3) is 0 Å². The highest BCUT2D eigenvalue weighted by molar-refractivity contribution is 5.89. The van der Waals surface area contributed by atoms with Crippen molar-refractivity contribution >= 4 is 11.8 Å². The van der Waals surface area contributed by atoms with Crippen molar-refractivity contribution in [1.29, 1.82) is 0 Å². The van der Waals surface area contributed by atoms with E-state index in [1.54, 1.807) is 19.2 Å². The molecule has 1 aliphatic rings. The van der Waals surface area contributed by atoms with Crippen LogP contribution in [0, 0.1) is 0 Å². The number of pyridine rings is 1. The van der Waals surface area contributed by atoms with E-state index >= 15 is 0 Å². The second-order valence-corrected chi connectivity index (χ2v) is 5.35. The van der Waals surface area contributed by atoms with E-state index in [1.165, 1.54) is 5.57 Å². The van der Waals surface area contributed by atoms with Crippen molar-refractivity contribution in [2.24, 2.45) is 0 Å². The molecule has 1 aromatic heterocycles. The molecule has 114 valence electrons. The maximum absolute atomic E-state index is 11.6. The van der Waals surface area contributed by atoms with E-state index in [-0.39, 0.29) is 5.97 Å². The van der Waals surface area contributed by atoms with Crippen LogP contribution in [0.15, 0.2) is 30.5 Å². The van der Waals surface area contributed by atoms with Gasteiger partial charge >= 0.3 is 5.97 Å². The van der Waals surface area contributed by atoms with Crippen molar-refractivity contribution in [3.8, 4) is 0 Å². The first-order valence-corrected chi connectivity index (χ1v) is 7.35.